The van der Waals surface area contributed by atoms with Gasteiger partial charge in [-0.25, -0.2) is 0 Å². The van der Waals surface area contributed by atoms with E-state index in [-0.39, 0.29) is 0 Å². The van der Waals surface area contributed by atoms with Gasteiger partial charge in [-0.1, -0.05) is 38.1 Å². The molecule has 0 radical (unpaired) electrons. The van der Waals surface area contributed by atoms with Crippen molar-refractivity contribution in [2.75, 3.05) is 0 Å². The number of H-pyrrole nitrogens is 1. The largest absolute Gasteiger partial charge is 0.361 e. The molecule has 0 spiro atoms. The average molecular weight is 185 g/mol. The van der Waals surface area contributed by atoms with Gasteiger partial charge in [0.25, 0.3) is 0 Å². The summed E-state index contributed by atoms with van der Waals surface area (Å²) in [5.41, 5.74) is 3.82. The monoisotopic (exact) mass is 185 g/mol. The van der Waals surface area contributed by atoms with E-state index >= 15 is 0 Å². The second-order valence-corrected chi connectivity index (χ2v) is 3.86. The average Bonchev–Trinajstić information content (AvgIpc) is 2.71. The summed E-state index contributed by atoms with van der Waals surface area (Å²) in [6.45, 7) is 4.42. The van der Waals surface area contributed by atoms with Gasteiger partial charge in [-0.05, 0) is 29.2 Å². The van der Waals surface area contributed by atoms with Crippen LogP contribution in [-0.4, -0.2) is 4.98 Å². The summed E-state index contributed by atoms with van der Waals surface area (Å²) in [6, 6.07) is 12.8. The highest BCUT2D eigenvalue weighted by Crippen LogP contribution is 2.20. The zero-order chi connectivity index (χ0) is 9.97. The highest BCUT2D eigenvalue weighted by Gasteiger charge is 2.00. The van der Waals surface area contributed by atoms with Crippen LogP contribution in [0, 0.1) is 0 Å². The Morgan fingerprint density at radius 3 is 2.21 bits per heavy atom. The first-order chi connectivity index (χ1) is 6.77. The highest BCUT2D eigenvalue weighted by atomic mass is 14.7. The van der Waals surface area contributed by atoms with Gasteiger partial charge in [-0.2, -0.15) is 0 Å². The molecule has 1 heterocycles. The summed E-state index contributed by atoms with van der Waals surface area (Å²) in [4.78, 5) is 3.20. The predicted molar refractivity (Wildman–Crippen MR) is 60.3 cm³/mol. The minimum absolute atomic E-state index is 0.604. The Bertz CT molecular complexity index is 382. The summed E-state index contributed by atoms with van der Waals surface area (Å²) in [5.74, 6) is 0.604. The maximum absolute atomic E-state index is 3.20. The zero-order valence-corrected chi connectivity index (χ0v) is 8.62. The van der Waals surface area contributed by atoms with Crippen LogP contribution < -0.4 is 0 Å². The van der Waals surface area contributed by atoms with Crippen LogP contribution in [0.3, 0.4) is 0 Å². The Morgan fingerprint density at radius 2 is 1.71 bits per heavy atom. The van der Waals surface area contributed by atoms with Crippen molar-refractivity contribution in [3.05, 3.63) is 48.2 Å². The van der Waals surface area contributed by atoms with Crippen molar-refractivity contribution < 1.29 is 0 Å². The lowest BCUT2D eigenvalue weighted by Crippen LogP contribution is -1.86. The van der Waals surface area contributed by atoms with E-state index in [0.717, 1.165) is 0 Å². The first kappa shape index (κ1) is 9.07. The van der Waals surface area contributed by atoms with Crippen LogP contribution in [0.15, 0.2) is 42.6 Å². The minimum atomic E-state index is 0.604. The third-order valence-corrected chi connectivity index (χ3v) is 2.49. The molecule has 1 nitrogen and oxygen atoms in total. The van der Waals surface area contributed by atoms with E-state index in [1.807, 2.05) is 12.3 Å². The van der Waals surface area contributed by atoms with Gasteiger partial charge in [-0.15, -0.1) is 0 Å². The fraction of sp³-hybridized carbons (Fsp3) is 0.231. The van der Waals surface area contributed by atoms with Crippen molar-refractivity contribution in [2.45, 2.75) is 19.8 Å². The molecule has 0 saturated carbocycles. The molecule has 0 aliphatic carbocycles. The van der Waals surface area contributed by atoms with Gasteiger partial charge >= 0.3 is 0 Å². The summed E-state index contributed by atoms with van der Waals surface area (Å²) >= 11 is 0. The molecule has 72 valence electrons. The first-order valence-corrected chi connectivity index (χ1v) is 5.01. The predicted octanol–water partition coefficient (Wildman–Crippen LogP) is 3.81. The van der Waals surface area contributed by atoms with Crippen molar-refractivity contribution in [3.8, 4) is 11.3 Å². The summed E-state index contributed by atoms with van der Waals surface area (Å²) < 4.78 is 0. The summed E-state index contributed by atoms with van der Waals surface area (Å²) in [6.07, 6.45) is 1.95. The molecule has 2 rings (SSSR count). The molecule has 0 atom stereocenters. The Hall–Kier alpha value is -1.50. The van der Waals surface area contributed by atoms with Crippen LogP contribution in [0.1, 0.15) is 25.3 Å². The molecule has 1 aromatic carbocycles. The minimum Gasteiger partial charge on any atom is -0.361 e. The maximum Gasteiger partial charge on any atom is 0.0453 e. The third-order valence-electron chi connectivity index (χ3n) is 2.49. The summed E-state index contributed by atoms with van der Waals surface area (Å²) in [7, 11) is 0. The molecule has 0 aliphatic heterocycles. The van der Waals surface area contributed by atoms with Crippen LogP contribution in [0.2, 0.25) is 0 Å². The SMILES string of the molecule is CC(C)c1ccc(-c2ccc[nH]2)cc1. The van der Waals surface area contributed by atoms with Gasteiger partial charge in [-0.3, -0.25) is 0 Å². The van der Waals surface area contributed by atoms with E-state index < -0.39 is 0 Å². The van der Waals surface area contributed by atoms with Gasteiger partial charge in [0.05, 0.1) is 0 Å². The number of nitrogens with one attached hydrogen (secondary N) is 1. The second-order valence-electron chi connectivity index (χ2n) is 3.86. The fourth-order valence-corrected chi connectivity index (χ4v) is 1.56. The van der Waals surface area contributed by atoms with Crippen molar-refractivity contribution in [3.63, 3.8) is 0 Å². The molecular weight excluding hydrogens is 170 g/mol. The normalized spacial score (nSPS) is 10.8. The van der Waals surface area contributed by atoms with E-state index in [0.29, 0.717) is 5.92 Å². The van der Waals surface area contributed by atoms with Crippen molar-refractivity contribution in [2.24, 2.45) is 0 Å². The van der Waals surface area contributed by atoms with Crippen molar-refractivity contribution >= 4 is 0 Å². The van der Waals surface area contributed by atoms with E-state index in [1.54, 1.807) is 0 Å². The molecule has 0 aliphatic rings. The van der Waals surface area contributed by atoms with Crippen LogP contribution >= 0.6 is 0 Å². The van der Waals surface area contributed by atoms with E-state index in [2.05, 4.69) is 49.2 Å². The first-order valence-electron chi connectivity index (χ1n) is 5.01. The molecule has 0 amide bonds. The highest BCUT2D eigenvalue weighted by molar-refractivity contribution is 5.59. The Morgan fingerprint density at radius 1 is 1.00 bits per heavy atom. The standard InChI is InChI=1S/C13H15N/c1-10(2)11-5-7-12(8-6-11)13-4-3-9-14-13/h3-10,14H,1-2H3. The molecular formula is C13H15N. The molecule has 0 fully saturated rings. The lowest BCUT2D eigenvalue weighted by atomic mass is 10.0. The van der Waals surface area contributed by atoms with E-state index in [4.69, 9.17) is 0 Å². The van der Waals surface area contributed by atoms with Crippen LogP contribution in [0.25, 0.3) is 11.3 Å². The lowest BCUT2D eigenvalue weighted by Gasteiger charge is -2.05. The maximum atomic E-state index is 3.20. The van der Waals surface area contributed by atoms with Gasteiger partial charge in [0.2, 0.25) is 0 Å². The summed E-state index contributed by atoms with van der Waals surface area (Å²) in [5, 5.41) is 0. The molecule has 1 heteroatoms. The third kappa shape index (κ3) is 1.72. The number of rotatable bonds is 2. The van der Waals surface area contributed by atoms with E-state index in [9.17, 15) is 0 Å². The number of hydrogen-bond acceptors (Lipinski definition) is 0. The van der Waals surface area contributed by atoms with Gasteiger partial charge in [0, 0.05) is 11.9 Å². The Labute approximate surface area is 84.8 Å². The second kappa shape index (κ2) is 3.70. The van der Waals surface area contributed by atoms with Crippen LogP contribution in [0.4, 0.5) is 0 Å². The number of aromatic amines is 1. The number of benzene rings is 1. The fourth-order valence-electron chi connectivity index (χ4n) is 1.56. The molecule has 0 unspecified atom stereocenters. The number of hydrogen-bond donors (Lipinski definition) is 1. The zero-order valence-electron chi connectivity index (χ0n) is 8.62. The molecule has 1 N–H and O–H groups in total. The topological polar surface area (TPSA) is 15.8 Å². The number of aromatic nitrogens is 1. The molecule has 2 aromatic rings. The molecule has 0 saturated heterocycles. The quantitative estimate of drug-likeness (QED) is 0.732. The smallest absolute Gasteiger partial charge is 0.0453 e. The molecule has 14 heavy (non-hydrogen) atoms. The van der Waals surface area contributed by atoms with Crippen molar-refractivity contribution in [1.82, 2.24) is 4.98 Å². The lowest BCUT2D eigenvalue weighted by molar-refractivity contribution is 0.867. The Kier molecular flexibility index (Phi) is 2.40. The molecule has 1 aromatic heterocycles. The van der Waals surface area contributed by atoms with E-state index in [1.165, 1.54) is 16.8 Å². The Balaban J connectivity index is 2.31. The van der Waals surface area contributed by atoms with Gasteiger partial charge in [0.15, 0.2) is 0 Å². The van der Waals surface area contributed by atoms with Gasteiger partial charge < -0.3 is 4.98 Å². The van der Waals surface area contributed by atoms with Gasteiger partial charge in [0.1, 0.15) is 0 Å². The molecule has 0 bridgehead atoms. The van der Waals surface area contributed by atoms with Crippen LogP contribution in [-0.2, 0) is 0 Å². The van der Waals surface area contributed by atoms with Crippen LogP contribution in [0.5, 0.6) is 0 Å². The van der Waals surface area contributed by atoms with Crippen molar-refractivity contribution in [1.29, 1.82) is 0 Å².